The van der Waals surface area contributed by atoms with E-state index in [1.54, 1.807) is 0 Å². The number of amides is 2. The van der Waals surface area contributed by atoms with E-state index < -0.39 is 100 Å². The van der Waals surface area contributed by atoms with Gasteiger partial charge in [-0.25, -0.2) is 14.2 Å². The first-order valence-corrected chi connectivity index (χ1v) is 19.5. The number of fused-ring (bicyclic) bond motifs is 3. The molecule has 2 amide bonds. The Bertz CT molecular complexity index is 2090. The van der Waals surface area contributed by atoms with Gasteiger partial charge in [-0.3, -0.25) is 28.9 Å². The van der Waals surface area contributed by atoms with Crippen molar-refractivity contribution < 1.29 is 72.8 Å². The van der Waals surface area contributed by atoms with Crippen LogP contribution in [0.3, 0.4) is 0 Å². The minimum Gasteiger partial charge on any atom is -0.543 e. The second-order valence-corrected chi connectivity index (χ2v) is 16.5. The Morgan fingerprint density at radius 1 is 1.16 bits per heavy atom. The molecule has 19 nitrogen and oxygen atoms in total. The van der Waals surface area contributed by atoms with Gasteiger partial charge in [0.05, 0.1) is 48.5 Å². The zero-order valence-corrected chi connectivity index (χ0v) is 31.7. The summed E-state index contributed by atoms with van der Waals surface area (Å²) >= 11 is 2.22. The molecule has 0 radical (unpaired) electrons. The molecule has 6 rings (SSSR count). The number of carboxylic acid groups (broad SMARTS) is 3. The number of rotatable bonds is 16. The van der Waals surface area contributed by atoms with Crippen LogP contribution in [-0.2, 0) is 33.6 Å². The zero-order chi connectivity index (χ0) is 41.5. The molecular weight excluding hydrogens is 796 g/mol. The van der Waals surface area contributed by atoms with Crippen molar-refractivity contribution in [1.29, 1.82) is 0 Å². The molecule has 3 saturated heterocycles. The molecule has 1 aromatic carbocycles. The van der Waals surface area contributed by atoms with Crippen molar-refractivity contribution in [3.8, 4) is 11.5 Å². The molecular formula is C35H37FN6O13S2. The summed E-state index contributed by atoms with van der Waals surface area (Å²) in [5.74, 6) is -12.2. The van der Waals surface area contributed by atoms with Crippen molar-refractivity contribution in [2.24, 2.45) is 17.0 Å². The summed E-state index contributed by atoms with van der Waals surface area (Å²) in [6.45, 7) is 0.438. The van der Waals surface area contributed by atoms with Crippen LogP contribution in [-0.4, -0.2) is 131 Å². The van der Waals surface area contributed by atoms with Gasteiger partial charge in [0.2, 0.25) is 17.8 Å². The molecule has 0 aliphatic carbocycles. The second-order valence-electron chi connectivity index (χ2n) is 14.5. The highest BCUT2D eigenvalue weighted by molar-refractivity contribution is 8.00. The number of aromatic nitrogens is 1. The predicted octanol–water partition coefficient (Wildman–Crippen LogP) is -0.195. The minimum atomic E-state index is -1.94. The molecule has 22 heteroatoms. The van der Waals surface area contributed by atoms with Gasteiger partial charge in [0.25, 0.3) is 5.91 Å². The number of phenols is 2. The third-order valence-electron chi connectivity index (χ3n) is 11.0. The van der Waals surface area contributed by atoms with Crippen LogP contribution in [0.25, 0.3) is 0 Å². The van der Waals surface area contributed by atoms with E-state index in [1.807, 2.05) is 7.05 Å². The van der Waals surface area contributed by atoms with Crippen LogP contribution >= 0.6 is 23.1 Å². The molecule has 304 valence electrons. The normalized spacial score (nSPS) is 25.9. The number of phenolic OH excluding ortho intramolecular Hbond substituents is 2. The number of nitrogens with zero attached hydrogens (tertiary/aromatic N) is 4. The molecule has 2 unspecified atom stereocenters. The van der Waals surface area contributed by atoms with Crippen molar-refractivity contribution in [3.63, 3.8) is 0 Å². The summed E-state index contributed by atoms with van der Waals surface area (Å²) in [7, 11) is 2.02. The van der Waals surface area contributed by atoms with E-state index in [9.17, 15) is 58.4 Å². The fourth-order valence-electron chi connectivity index (χ4n) is 8.16. The van der Waals surface area contributed by atoms with E-state index in [1.165, 1.54) is 17.1 Å². The third-order valence-corrected chi connectivity index (χ3v) is 13.1. The van der Waals surface area contributed by atoms with Gasteiger partial charge in [-0.1, -0.05) is 5.16 Å². The van der Waals surface area contributed by atoms with Gasteiger partial charge in [-0.05, 0) is 18.1 Å². The average Bonchev–Trinajstić information content (AvgIpc) is 3.61. The highest BCUT2D eigenvalue weighted by Crippen LogP contribution is 2.48. The predicted molar refractivity (Wildman–Crippen MR) is 194 cm³/mol. The molecule has 0 spiro atoms. The van der Waals surface area contributed by atoms with Crippen LogP contribution in [0.2, 0.25) is 0 Å². The Hall–Kier alpha value is -5.61. The summed E-state index contributed by atoms with van der Waals surface area (Å²) < 4.78 is 14.3. The fraction of sp³-hybridized carbons (Fsp3) is 0.457. The Labute approximate surface area is 330 Å². The van der Waals surface area contributed by atoms with Crippen molar-refractivity contribution in [2.45, 2.75) is 62.1 Å². The van der Waals surface area contributed by atoms with E-state index in [2.05, 4.69) is 15.5 Å². The number of thioether (sulfide) groups is 1. The second kappa shape index (κ2) is 16.1. The number of carboxylic acids is 3. The maximum absolute atomic E-state index is 13.8. The molecule has 3 fully saturated rings. The summed E-state index contributed by atoms with van der Waals surface area (Å²) in [6, 6.07) is 1.56. The first-order valence-electron chi connectivity index (χ1n) is 17.6. The number of nitrogens with two attached hydrogens (primary N) is 1. The Balaban J connectivity index is 1.11. The topological polar surface area (TPSA) is 299 Å². The van der Waals surface area contributed by atoms with Gasteiger partial charge >= 0.3 is 11.9 Å². The van der Waals surface area contributed by atoms with Gasteiger partial charge in [-0.2, -0.15) is 0 Å². The Kier molecular flexibility index (Phi) is 11.6. The summed E-state index contributed by atoms with van der Waals surface area (Å²) in [5, 5.41) is 56.9. The minimum absolute atomic E-state index is 0.0305. The molecule has 2 aromatic rings. The summed E-state index contributed by atoms with van der Waals surface area (Å²) in [4.78, 5) is 97.6. The lowest BCUT2D eigenvalue weighted by molar-refractivity contribution is -0.945. The molecule has 4 aliphatic rings. The molecule has 57 heavy (non-hydrogen) atoms. The molecule has 0 saturated carbocycles. The molecule has 2 bridgehead atoms. The number of ketones is 2. The number of nitrogens with one attached hydrogen (secondary N) is 1. The lowest BCUT2D eigenvalue weighted by Crippen LogP contribution is -2.64. The number of oxime groups is 1. The maximum Gasteiger partial charge on any atom is 0.348 e. The number of hydrogen-bond acceptors (Lipinski definition) is 16. The van der Waals surface area contributed by atoms with Gasteiger partial charge in [-0.15, -0.1) is 23.1 Å². The van der Waals surface area contributed by atoms with Crippen molar-refractivity contribution in [3.05, 3.63) is 45.9 Å². The first-order chi connectivity index (χ1) is 26.9. The van der Waals surface area contributed by atoms with Crippen molar-refractivity contribution in [2.75, 3.05) is 31.6 Å². The van der Waals surface area contributed by atoms with E-state index in [0.717, 1.165) is 35.1 Å². The number of β-lactam (4-membered cyclic amide) rings is 1. The number of hydrogen-bond donors (Lipinski definition) is 6. The van der Waals surface area contributed by atoms with E-state index in [-0.39, 0.29) is 46.8 Å². The number of aromatic hydroxyl groups is 2. The fourth-order valence-corrected chi connectivity index (χ4v) is 10.1. The van der Waals surface area contributed by atoms with Crippen LogP contribution in [0.5, 0.6) is 11.5 Å². The van der Waals surface area contributed by atoms with E-state index >= 15 is 0 Å². The van der Waals surface area contributed by atoms with Crippen LogP contribution in [0, 0.1) is 17.7 Å². The molecule has 5 heterocycles. The number of nitrogen functional groups attached to an aromatic ring is 1. The molecule has 4 aliphatic heterocycles. The first kappa shape index (κ1) is 41.0. The number of halogens is 1. The molecule has 7 atom stereocenters. The SMILES string of the molecule is C[N+]1(CC2=C(C(=O)[O-])N3C(=O)[C@@H](CC(=O)/C(=N\O[C@@H](CC(=O)O)C(=O)O)c4csc(N)n4)[C@H]3SC2)[C@@H]2CC[C@H]1CC(CNC(=O)C(=O)c1cc(O)c(O)c(F)c1)C2. The number of Topliss-reactive ketones (excluding diaryl/α,β-unsaturated/α-hetero) is 2. The Morgan fingerprint density at radius 2 is 1.84 bits per heavy atom. The number of piperidine rings is 1. The smallest absolute Gasteiger partial charge is 0.348 e. The van der Waals surface area contributed by atoms with Crippen LogP contribution in [0.15, 0.2) is 33.9 Å². The number of carbonyl (C=O) groups is 7. The monoisotopic (exact) mass is 832 g/mol. The number of aliphatic carboxylic acids is 3. The standard InChI is InChI=1S/C35H37FN6O13S2/c1-42(17-2-3-18(42)5-14(4-17)10-38-30(49)28(47)15-6-20(36)29(48)23(44)7-15)11-16-12-56-32-19(31(50)41(32)27(16)34(53)54)8-22(43)26(21-13-57-35(37)39-21)40-55-24(33(51)52)9-25(45)46/h6-7,13-14,17-19,24,32H,2-5,8-12H2,1H3,(H7-,37,38,39,40,43,44,45,46,47,48,49,51,52,53,54)/t14?,17-,18+,19-,24+,32-,42?/m1/s1. The average molecular weight is 833 g/mol. The summed E-state index contributed by atoms with van der Waals surface area (Å²) in [6.07, 6.45) is -0.480. The number of benzene rings is 1. The molecule has 1 aromatic heterocycles. The number of anilines is 1. The molecule has 7 N–H and O–H groups in total. The van der Waals surface area contributed by atoms with Gasteiger partial charge in [0, 0.05) is 60.9 Å². The van der Waals surface area contributed by atoms with Gasteiger partial charge in [0.15, 0.2) is 33.9 Å². The van der Waals surface area contributed by atoms with E-state index in [4.69, 9.17) is 15.7 Å². The van der Waals surface area contributed by atoms with Crippen LogP contribution in [0.1, 0.15) is 54.6 Å². The third kappa shape index (κ3) is 8.14. The maximum atomic E-state index is 13.8. The lowest BCUT2D eigenvalue weighted by Gasteiger charge is -2.53. The van der Waals surface area contributed by atoms with E-state index in [0.29, 0.717) is 35.5 Å². The quantitative estimate of drug-likeness (QED) is 0.0243. The van der Waals surface area contributed by atoms with Crippen molar-refractivity contribution in [1.82, 2.24) is 15.2 Å². The Morgan fingerprint density at radius 3 is 2.42 bits per heavy atom. The summed E-state index contributed by atoms with van der Waals surface area (Å²) in [5.41, 5.74) is 4.93. The van der Waals surface area contributed by atoms with Crippen molar-refractivity contribution >= 4 is 75.2 Å². The highest BCUT2D eigenvalue weighted by Gasteiger charge is 2.56. The van der Waals surface area contributed by atoms with Gasteiger partial charge < -0.3 is 50.7 Å². The number of quaternary nitrogens is 1. The van der Waals surface area contributed by atoms with Gasteiger partial charge in [0.1, 0.15) is 12.2 Å². The number of likely N-dealkylation sites (N-methyl/N-ethyl adjacent to an activating group) is 1. The number of carbonyl (C=O) groups excluding carboxylic acids is 5. The van der Waals surface area contributed by atoms with Crippen LogP contribution < -0.4 is 16.2 Å². The zero-order valence-electron chi connectivity index (χ0n) is 30.1. The largest absolute Gasteiger partial charge is 0.543 e. The van der Waals surface area contributed by atoms with Crippen LogP contribution in [0.4, 0.5) is 9.52 Å². The lowest BCUT2D eigenvalue weighted by atomic mass is 9.87. The number of thiazole rings is 1. The highest BCUT2D eigenvalue weighted by atomic mass is 32.2.